The molecule has 1 aliphatic carbocycles. The van der Waals surface area contributed by atoms with Crippen LogP contribution in [0.3, 0.4) is 0 Å². The largest absolute Gasteiger partial charge is 0.185 e. The molecule has 0 N–H and O–H groups in total. The van der Waals surface area contributed by atoms with E-state index in [1.54, 1.807) is 0 Å². The molecule has 0 aromatic rings. The highest BCUT2D eigenvalue weighted by molar-refractivity contribution is 8.07. The molecule has 0 aromatic carbocycles. The van der Waals surface area contributed by atoms with E-state index in [2.05, 4.69) is 0 Å². The Bertz CT molecular complexity index is 173. The molecule has 0 radical (unpaired) electrons. The lowest BCUT2D eigenvalue weighted by atomic mass is 10.5. The van der Waals surface area contributed by atoms with E-state index in [1.807, 2.05) is 23.6 Å². The Morgan fingerprint density at radius 2 is 2.62 bits per heavy atom. The average Bonchev–Trinajstić information content (AvgIpc) is 2.19. The zero-order chi connectivity index (χ0) is 5.82. The van der Waals surface area contributed by atoms with Gasteiger partial charge in [0.2, 0.25) is 0 Å². The maximum absolute atomic E-state index is 8.17. The summed E-state index contributed by atoms with van der Waals surface area (Å²) in [5.74, 6) is 0. The first-order valence-electron chi connectivity index (χ1n) is 2.35. The van der Waals surface area contributed by atoms with Gasteiger partial charge < -0.3 is 0 Å². The fourth-order valence-electron chi connectivity index (χ4n) is 0.562. The maximum atomic E-state index is 8.17. The first-order chi connectivity index (χ1) is 3.93. The van der Waals surface area contributed by atoms with Gasteiger partial charge in [-0.05, 0) is 18.2 Å². The van der Waals surface area contributed by atoms with E-state index in [0.29, 0.717) is 0 Å². The van der Waals surface area contributed by atoms with Crippen molar-refractivity contribution in [3.63, 3.8) is 0 Å². The van der Waals surface area contributed by atoms with E-state index in [9.17, 15) is 0 Å². The van der Waals surface area contributed by atoms with Crippen molar-refractivity contribution in [2.75, 3.05) is 0 Å². The number of hydrogen-bond acceptors (Lipinski definition) is 2. The smallest absolute Gasteiger partial charge is 0.138 e. The minimum atomic E-state index is 0.943. The van der Waals surface area contributed by atoms with Gasteiger partial charge in [0.15, 0.2) is 0 Å². The van der Waals surface area contributed by atoms with Gasteiger partial charge >= 0.3 is 0 Å². The summed E-state index contributed by atoms with van der Waals surface area (Å²) in [6, 6.07) is 0. The Hall–Kier alpha value is -0.680. The predicted molar refractivity (Wildman–Crippen MR) is 35.0 cm³/mol. The molecule has 0 unspecified atom stereocenters. The van der Waals surface area contributed by atoms with Crippen LogP contribution < -0.4 is 0 Å². The summed E-state index contributed by atoms with van der Waals surface area (Å²) < 4.78 is 0. The van der Waals surface area contributed by atoms with Crippen molar-refractivity contribution in [1.82, 2.24) is 0 Å². The molecule has 0 aromatic heterocycles. The minimum absolute atomic E-state index is 0.943. The maximum Gasteiger partial charge on any atom is 0.138 e. The molecule has 0 atom stereocenters. The molecule has 1 rings (SSSR count). The summed E-state index contributed by atoms with van der Waals surface area (Å²) in [7, 11) is 0. The van der Waals surface area contributed by atoms with Crippen molar-refractivity contribution in [1.29, 1.82) is 5.26 Å². The predicted octanol–water partition coefficient (Wildman–Crippen LogP) is 2.04. The molecular weight excluding hydrogens is 118 g/mol. The second-order valence-corrected chi connectivity index (χ2v) is 2.37. The Morgan fingerprint density at radius 3 is 3.12 bits per heavy atom. The number of nitrogens with zero attached hydrogens (tertiary/aromatic N) is 1. The van der Waals surface area contributed by atoms with Gasteiger partial charge in [-0.15, -0.1) is 0 Å². The van der Waals surface area contributed by atoms with Crippen LogP contribution in [0.15, 0.2) is 23.1 Å². The lowest BCUT2D eigenvalue weighted by Gasteiger charge is -1.85. The second-order valence-electron chi connectivity index (χ2n) is 1.46. The van der Waals surface area contributed by atoms with Gasteiger partial charge in [0.1, 0.15) is 5.40 Å². The molecular formula is C6H5NS. The zero-order valence-electron chi connectivity index (χ0n) is 4.29. The van der Waals surface area contributed by atoms with Crippen molar-refractivity contribution >= 4 is 11.8 Å². The summed E-state index contributed by atoms with van der Waals surface area (Å²) in [4.78, 5) is 1.15. The van der Waals surface area contributed by atoms with Crippen molar-refractivity contribution in [2.24, 2.45) is 0 Å². The molecule has 0 fully saturated rings. The zero-order valence-corrected chi connectivity index (χ0v) is 5.11. The second kappa shape index (κ2) is 2.58. The molecule has 0 heterocycles. The van der Waals surface area contributed by atoms with E-state index >= 15 is 0 Å². The number of hydrogen-bond donors (Lipinski definition) is 0. The monoisotopic (exact) mass is 123 g/mol. The summed E-state index contributed by atoms with van der Waals surface area (Å²) in [5.41, 5.74) is 0. The van der Waals surface area contributed by atoms with Crippen molar-refractivity contribution in [2.45, 2.75) is 6.42 Å². The van der Waals surface area contributed by atoms with Gasteiger partial charge in [0.25, 0.3) is 0 Å². The van der Waals surface area contributed by atoms with Gasteiger partial charge in [-0.25, -0.2) is 0 Å². The molecule has 1 aliphatic rings. The Balaban J connectivity index is 2.42. The number of nitriles is 1. The van der Waals surface area contributed by atoms with Crippen LogP contribution in [0.5, 0.6) is 0 Å². The average molecular weight is 123 g/mol. The first-order valence-corrected chi connectivity index (χ1v) is 3.17. The van der Waals surface area contributed by atoms with Crippen LogP contribution in [0.25, 0.3) is 0 Å². The van der Waals surface area contributed by atoms with Gasteiger partial charge in [-0.1, -0.05) is 18.2 Å². The minimum Gasteiger partial charge on any atom is -0.185 e. The van der Waals surface area contributed by atoms with E-state index < -0.39 is 0 Å². The molecule has 0 spiro atoms. The van der Waals surface area contributed by atoms with E-state index in [1.165, 1.54) is 11.8 Å². The molecule has 40 valence electrons. The van der Waals surface area contributed by atoms with Crippen LogP contribution in [-0.4, -0.2) is 0 Å². The van der Waals surface area contributed by atoms with Crippen molar-refractivity contribution in [3.05, 3.63) is 23.1 Å². The highest BCUT2D eigenvalue weighted by Gasteiger charge is 1.96. The topological polar surface area (TPSA) is 23.8 Å². The number of thiocyanates is 1. The van der Waals surface area contributed by atoms with Crippen LogP contribution in [0.2, 0.25) is 0 Å². The molecule has 8 heavy (non-hydrogen) atoms. The normalized spacial score (nSPS) is 15.6. The number of thioether (sulfide) groups is 1. The fraction of sp³-hybridized carbons (Fsp3) is 0.167. The SMILES string of the molecule is N#CSC1=CC=CC1. The third-order valence-corrected chi connectivity index (χ3v) is 1.57. The number of allylic oxidation sites excluding steroid dienone is 4. The highest BCUT2D eigenvalue weighted by atomic mass is 32.2. The summed E-state index contributed by atoms with van der Waals surface area (Å²) >= 11 is 1.24. The molecule has 0 aliphatic heterocycles. The molecule has 0 bridgehead atoms. The first kappa shape index (κ1) is 5.46. The van der Waals surface area contributed by atoms with Crippen LogP contribution in [0.1, 0.15) is 6.42 Å². The van der Waals surface area contributed by atoms with Crippen LogP contribution in [0, 0.1) is 10.7 Å². The van der Waals surface area contributed by atoms with Gasteiger partial charge in [-0.2, -0.15) is 5.26 Å². The summed E-state index contributed by atoms with van der Waals surface area (Å²) in [5, 5.41) is 10.2. The third kappa shape index (κ3) is 1.14. The van der Waals surface area contributed by atoms with Crippen LogP contribution in [0.4, 0.5) is 0 Å². The van der Waals surface area contributed by atoms with Gasteiger partial charge in [-0.3, -0.25) is 0 Å². The lowest BCUT2D eigenvalue weighted by Crippen LogP contribution is -1.61. The summed E-state index contributed by atoms with van der Waals surface area (Å²) in [6.07, 6.45) is 6.92. The number of rotatable bonds is 1. The quantitative estimate of drug-likeness (QED) is 0.498. The molecule has 0 saturated heterocycles. The van der Waals surface area contributed by atoms with Gasteiger partial charge in [0, 0.05) is 4.91 Å². The summed E-state index contributed by atoms with van der Waals surface area (Å²) in [6.45, 7) is 0. The Labute approximate surface area is 52.7 Å². The van der Waals surface area contributed by atoms with E-state index in [-0.39, 0.29) is 0 Å². The van der Waals surface area contributed by atoms with Crippen LogP contribution in [-0.2, 0) is 0 Å². The van der Waals surface area contributed by atoms with Crippen molar-refractivity contribution in [3.8, 4) is 5.40 Å². The highest BCUT2D eigenvalue weighted by Crippen LogP contribution is 2.21. The van der Waals surface area contributed by atoms with Crippen LogP contribution >= 0.6 is 11.8 Å². The standard InChI is InChI=1S/C6H5NS/c7-5-8-6-3-1-2-4-6/h1-3H,4H2. The Kier molecular flexibility index (Phi) is 1.76. The molecule has 2 heteroatoms. The van der Waals surface area contributed by atoms with E-state index in [4.69, 9.17) is 5.26 Å². The fourth-order valence-corrected chi connectivity index (χ4v) is 1.01. The van der Waals surface area contributed by atoms with Gasteiger partial charge in [0.05, 0.1) is 0 Å². The molecule has 0 saturated carbocycles. The lowest BCUT2D eigenvalue weighted by molar-refractivity contribution is 1.42. The molecule has 0 amide bonds. The van der Waals surface area contributed by atoms with E-state index in [0.717, 1.165) is 11.3 Å². The van der Waals surface area contributed by atoms with Crippen molar-refractivity contribution < 1.29 is 0 Å². The Morgan fingerprint density at radius 1 is 1.75 bits per heavy atom. The molecule has 1 nitrogen and oxygen atoms in total. The third-order valence-electron chi connectivity index (χ3n) is 0.914.